The summed E-state index contributed by atoms with van der Waals surface area (Å²) >= 11 is 0. The maximum absolute atomic E-state index is 12.5. The van der Waals surface area contributed by atoms with Gasteiger partial charge in [0.15, 0.2) is 0 Å². The molecule has 2 aliphatic heterocycles. The lowest BCUT2D eigenvalue weighted by Crippen LogP contribution is -2.54. The first kappa shape index (κ1) is 13.4. The molecule has 0 radical (unpaired) electrons. The second kappa shape index (κ2) is 5.07. The van der Waals surface area contributed by atoms with E-state index < -0.39 is 5.97 Å². The quantitative estimate of drug-likeness (QED) is 0.790. The van der Waals surface area contributed by atoms with Crippen molar-refractivity contribution in [1.82, 2.24) is 9.80 Å². The lowest BCUT2D eigenvalue weighted by molar-refractivity contribution is -0.143. The number of carbonyl (C=O) groups is 3. The Labute approximate surface area is 117 Å². The summed E-state index contributed by atoms with van der Waals surface area (Å²) in [5, 5.41) is 9.01. The molecule has 6 heteroatoms. The minimum absolute atomic E-state index is 0.0905. The van der Waals surface area contributed by atoms with Gasteiger partial charge in [-0.3, -0.25) is 14.4 Å². The summed E-state index contributed by atoms with van der Waals surface area (Å²) in [6.45, 7) is 1.85. The van der Waals surface area contributed by atoms with Gasteiger partial charge in [0.2, 0.25) is 11.8 Å². The third-order valence-electron chi connectivity index (χ3n) is 4.94. The molecule has 0 aromatic heterocycles. The molecule has 2 amide bonds. The van der Waals surface area contributed by atoms with Crippen LogP contribution >= 0.6 is 0 Å². The van der Waals surface area contributed by atoms with Crippen LogP contribution in [0.15, 0.2) is 0 Å². The van der Waals surface area contributed by atoms with Crippen molar-refractivity contribution in [3.8, 4) is 0 Å². The highest BCUT2D eigenvalue weighted by Crippen LogP contribution is 2.33. The number of rotatable bonds is 2. The van der Waals surface area contributed by atoms with Crippen LogP contribution in [0, 0.1) is 11.8 Å². The second-order valence-electron chi connectivity index (χ2n) is 6.11. The van der Waals surface area contributed by atoms with Gasteiger partial charge in [0.25, 0.3) is 0 Å². The van der Waals surface area contributed by atoms with E-state index in [1.165, 1.54) is 0 Å². The van der Waals surface area contributed by atoms with Crippen molar-refractivity contribution in [2.24, 2.45) is 11.8 Å². The summed E-state index contributed by atoms with van der Waals surface area (Å²) in [6.07, 6.45) is 3.19. The molecule has 3 aliphatic rings. The van der Waals surface area contributed by atoms with E-state index in [1.807, 2.05) is 9.80 Å². The summed E-state index contributed by atoms with van der Waals surface area (Å²) in [7, 11) is 0. The fraction of sp³-hybridized carbons (Fsp3) is 0.786. The molecule has 1 N–H and O–H groups in total. The van der Waals surface area contributed by atoms with Crippen LogP contribution in [0.5, 0.6) is 0 Å². The summed E-state index contributed by atoms with van der Waals surface area (Å²) in [5.74, 6) is -0.994. The van der Waals surface area contributed by atoms with Crippen LogP contribution in [0.25, 0.3) is 0 Å². The first-order valence-electron chi connectivity index (χ1n) is 7.37. The molecule has 2 saturated heterocycles. The van der Waals surface area contributed by atoms with Gasteiger partial charge in [0.05, 0.1) is 5.92 Å². The van der Waals surface area contributed by atoms with Crippen LogP contribution in [0.1, 0.15) is 32.1 Å². The maximum Gasteiger partial charge on any atom is 0.306 e. The summed E-state index contributed by atoms with van der Waals surface area (Å²) in [5.41, 5.74) is 0. The Hall–Kier alpha value is -1.59. The molecular weight excluding hydrogens is 260 g/mol. The van der Waals surface area contributed by atoms with Gasteiger partial charge in [-0.2, -0.15) is 0 Å². The number of fused-ring (bicyclic) bond motifs is 1. The van der Waals surface area contributed by atoms with Crippen LogP contribution in [-0.2, 0) is 14.4 Å². The molecule has 2 heterocycles. The molecule has 1 aliphatic carbocycles. The van der Waals surface area contributed by atoms with Crippen molar-refractivity contribution in [1.29, 1.82) is 0 Å². The number of hydrogen-bond donors (Lipinski definition) is 1. The molecule has 3 atom stereocenters. The van der Waals surface area contributed by atoms with Crippen molar-refractivity contribution in [2.75, 3.05) is 19.6 Å². The van der Waals surface area contributed by atoms with Gasteiger partial charge in [0, 0.05) is 38.0 Å². The molecule has 6 nitrogen and oxygen atoms in total. The van der Waals surface area contributed by atoms with Crippen molar-refractivity contribution in [2.45, 2.75) is 38.1 Å². The number of aliphatic carboxylic acids is 1. The number of nitrogens with zero attached hydrogens (tertiary/aromatic N) is 2. The number of hydrogen-bond acceptors (Lipinski definition) is 3. The Balaban J connectivity index is 1.59. The van der Waals surface area contributed by atoms with E-state index in [-0.39, 0.29) is 29.7 Å². The van der Waals surface area contributed by atoms with Gasteiger partial charge >= 0.3 is 5.97 Å². The van der Waals surface area contributed by atoms with E-state index in [1.54, 1.807) is 0 Å². The Kier molecular flexibility index (Phi) is 3.40. The van der Waals surface area contributed by atoms with Gasteiger partial charge < -0.3 is 14.9 Å². The fourth-order valence-electron chi connectivity index (χ4n) is 3.75. The molecule has 1 saturated carbocycles. The topological polar surface area (TPSA) is 77.9 Å². The number of carboxylic acid groups (broad SMARTS) is 1. The van der Waals surface area contributed by atoms with E-state index in [0.29, 0.717) is 45.3 Å². The molecular formula is C14H20N2O4. The number of amides is 2. The van der Waals surface area contributed by atoms with Gasteiger partial charge in [-0.1, -0.05) is 0 Å². The van der Waals surface area contributed by atoms with E-state index in [4.69, 9.17) is 5.11 Å². The highest BCUT2D eigenvalue weighted by Gasteiger charge is 2.40. The van der Waals surface area contributed by atoms with Crippen molar-refractivity contribution in [3.63, 3.8) is 0 Å². The zero-order valence-electron chi connectivity index (χ0n) is 11.5. The molecule has 0 aromatic carbocycles. The van der Waals surface area contributed by atoms with E-state index in [2.05, 4.69) is 0 Å². The SMILES string of the molecule is O=C(O)[C@H]1CC[C@@H](C(=O)N2CCN3C(=O)CCC3C2)C1. The van der Waals surface area contributed by atoms with Gasteiger partial charge in [0.1, 0.15) is 0 Å². The van der Waals surface area contributed by atoms with Gasteiger partial charge in [-0.25, -0.2) is 0 Å². The zero-order valence-corrected chi connectivity index (χ0v) is 11.5. The van der Waals surface area contributed by atoms with Crippen LogP contribution in [0.4, 0.5) is 0 Å². The standard InChI is InChI=1S/C14H20N2O4/c17-12-4-3-11-8-15(5-6-16(11)12)13(18)9-1-2-10(7-9)14(19)20/h9-11H,1-8H2,(H,19,20)/t9-,10+,11?/m1/s1. The van der Waals surface area contributed by atoms with Gasteiger partial charge in [-0.05, 0) is 25.7 Å². The number of piperazine rings is 1. The van der Waals surface area contributed by atoms with Crippen LogP contribution < -0.4 is 0 Å². The Bertz CT molecular complexity index is 450. The molecule has 3 fully saturated rings. The van der Waals surface area contributed by atoms with E-state index in [9.17, 15) is 14.4 Å². The molecule has 0 bridgehead atoms. The van der Waals surface area contributed by atoms with E-state index >= 15 is 0 Å². The smallest absolute Gasteiger partial charge is 0.306 e. The Morgan fingerprint density at radius 1 is 1.10 bits per heavy atom. The second-order valence-corrected chi connectivity index (χ2v) is 6.11. The molecule has 110 valence electrons. The first-order valence-corrected chi connectivity index (χ1v) is 7.37. The lowest BCUT2D eigenvalue weighted by Gasteiger charge is -2.38. The van der Waals surface area contributed by atoms with Crippen LogP contribution in [0.2, 0.25) is 0 Å². The summed E-state index contributed by atoms with van der Waals surface area (Å²) in [6, 6.07) is 0.178. The average Bonchev–Trinajstić information content (AvgIpc) is 3.05. The zero-order chi connectivity index (χ0) is 14.3. The van der Waals surface area contributed by atoms with E-state index in [0.717, 1.165) is 6.42 Å². The van der Waals surface area contributed by atoms with Crippen molar-refractivity contribution >= 4 is 17.8 Å². The summed E-state index contributed by atoms with van der Waals surface area (Å²) in [4.78, 5) is 38.8. The molecule has 0 spiro atoms. The van der Waals surface area contributed by atoms with Crippen molar-refractivity contribution in [3.05, 3.63) is 0 Å². The highest BCUT2D eigenvalue weighted by molar-refractivity contribution is 5.82. The fourth-order valence-corrected chi connectivity index (χ4v) is 3.75. The number of carboxylic acids is 1. The minimum atomic E-state index is -0.786. The van der Waals surface area contributed by atoms with Gasteiger partial charge in [-0.15, -0.1) is 0 Å². The predicted molar refractivity (Wildman–Crippen MR) is 69.8 cm³/mol. The monoisotopic (exact) mass is 280 g/mol. The first-order chi connectivity index (χ1) is 9.56. The molecule has 0 aromatic rings. The Morgan fingerprint density at radius 3 is 2.55 bits per heavy atom. The predicted octanol–water partition coefficient (Wildman–Crippen LogP) is 0.320. The van der Waals surface area contributed by atoms with Crippen LogP contribution in [-0.4, -0.2) is 58.4 Å². The van der Waals surface area contributed by atoms with Crippen LogP contribution in [0.3, 0.4) is 0 Å². The summed E-state index contributed by atoms with van der Waals surface area (Å²) < 4.78 is 0. The third-order valence-corrected chi connectivity index (χ3v) is 4.94. The highest BCUT2D eigenvalue weighted by atomic mass is 16.4. The number of carbonyl (C=O) groups excluding carboxylic acids is 2. The maximum atomic E-state index is 12.5. The molecule has 1 unspecified atom stereocenters. The average molecular weight is 280 g/mol. The molecule has 20 heavy (non-hydrogen) atoms. The molecule has 3 rings (SSSR count). The van der Waals surface area contributed by atoms with Crippen molar-refractivity contribution < 1.29 is 19.5 Å². The largest absolute Gasteiger partial charge is 0.481 e. The minimum Gasteiger partial charge on any atom is -0.481 e. The lowest BCUT2D eigenvalue weighted by atomic mass is 10.0. The third kappa shape index (κ3) is 2.27. The Morgan fingerprint density at radius 2 is 1.85 bits per heavy atom. The normalized spacial score (nSPS) is 33.4.